The van der Waals surface area contributed by atoms with E-state index in [-0.39, 0.29) is 5.82 Å². The monoisotopic (exact) mass is 305 g/mol. The van der Waals surface area contributed by atoms with Crippen LogP contribution in [0.25, 0.3) is 0 Å². The lowest BCUT2D eigenvalue weighted by atomic mass is 9.92. The Balaban J connectivity index is 2.02. The third-order valence-electron chi connectivity index (χ3n) is 3.56. The SMILES string of the molecule is CCNCC(Cc1ccc(F)cc1)Cc1ccc(Cl)cc1. The van der Waals surface area contributed by atoms with Crippen LogP contribution in [0.1, 0.15) is 18.1 Å². The Morgan fingerprint density at radius 3 is 2.00 bits per heavy atom. The lowest BCUT2D eigenvalue weighted by Gasteiger charge is -2.18. The summed E-state index contributed by atoms with van der Waals surface area (Å²) in [5.74, 6) is 0.302. The molecule has 0 radical (unpaired) electrons. The smallest absolute Gasteiger partial charge is 0.123 e. The first-order valence-corrected chi connectivity index (χ1v) is 7.74. The Labute approximate surface area is 131 Å². The van der Waals surface area contributed by atoms with Crippen molar-refractivity contribution in [3.63, 3.8) is 0 Å². The first kappa shape index (κ1) is 16.0. The second-order valence-electron chi connectivity index (χ2n) is 5.33. The van der Waals surface area contributed by atoms with Gasteiger partial charge in [0.05, 0.1) is 0 Å². The largest absolute Gasteiger partial charge is 0.317 e. The molecule has 0 amide bonds. The summed E-state index contributed by atoms with van der Waals surface area (Å²) in [6, 6.07) is 14.8. The molecule has 0 bridgehead atoms. The molecule has 3 heteroatoms. The molecular formula is C18H21ClFN. The number of hydrogen-bond acceptors (Lipinski definition) is 1. The molecule has 2 aromatic carbocycles. The van der Waals surface area contributed by atoms with E-state index in [1.165, 1.54) is 23.3 Å². The third-order valence-corrected chi connectivity index (χ3v) is 3.81. The van der Waals surface area contributed by atoms with Gasteiger partial charge in [0, 0.05) is 5.02 Å². The molecule has 2 rings (SSSR count). The topological polar surface area (TPSA) is 12.0 Å². The second kappa shape index (κ2) is 8.16. The van der Waals surface area contributed by atoms with Gasteiger partial charge in [-0.25, -0.2) is 4.39 Å². The van der Waals surface area contributed by atoms with Gasteiger partial charge in [-0.15, -0.1) is 0 Å². The van der Waals surface area contributed by atoms with Gasteiger partial charge in [-0.05, 0) is 67.2 Å². The summed E-state index contributed by atoms with van der Waals surface area (Å²) in [5, 5.41) is 4.18. The summed E-state index contributed by atoms with van der Waals surface area (Å²) in [6.07, 6.45) is 1.93. The van der Waals surface area contributed by atoms with Gasteiger partial charge in [-0.2, -0.15) is 0 Å². The quantitative estimate of drug-likeness (QED) is 0.794. The van der Waals surface area contributed by atoms with Gasteiger partial charge in [0.15, 0.2) is 0 Å². The lowest BCUT2D eigenvalue weighted by molar-refractivity contribution is 0.478. The van der Waals surface area contributed by atoms with Gasteiger partial charge in [-0.3, -0.25) is 0 Å². The average Bonchev–Trinajstić information content (AvgIpc) is 2.49. The Kier molecular flexibility index (Phi) is 6.21. The van der Waals surface area contributed by atoms with E-state index in [0.717, 1.165) is 31.0 Å². The molecule has 112 valence electrons. The molecule has 0 fully saturated rings. The van der Waals surface area contributed by atoms with Crippen LogP contribution in [-0.4, -0.2) is 13.1 Å². The Bertz CT molecular complexity index is 489. The van der Waals surface area contributed by atoms with Gasteiger partial charge >= 0.3 is 0 Å². The van der Waals surface area contributed by atoms with Crippen molar-refractivity contribution in [3.05, 3.63) is 70.5 Å². The number of nitrogens with one attached hydrogen (secondary N) is 1. The van der Waals surface area contributed by atoms with E-state index in [4.69, 9.17) is 11.6 Å². The minimum Gasteiger partial charge on any atom is -0.317 e. The van der Waals surface area contributed by atoms with E-state index in [9.17, 15) is 4.39 Å². The van der Waals surface area contributed by atoms with Crippen molar-refractivity contribution in [3.8, 4) is 0 Å². The molecule has 2 aromatic rings. The summed E-state index contributed by atoms with van der Waals surface area (Å²) in [7, 11) is 0. The number of benzene rings is 2. The van der Waals surface area contributed by atoms with Crippen LogP contribution in [0.3, 0.4) is 0 Å². The summed E-state index contributed by atoms with van der Waals surface area (Å²) in [6.45, 7) is 4.02. The maximum Gasteiger partial charge on any atom is 0.123 e. The summed E-state index contributed by atoms with van der Waals surface area (Å²) in [5.41, 5.74) is 2.46. The van der Waals surface area contributed by atoms with Crippen molar-refractivity contribution in [2.24, 2.45) is 5.92 Å². The van der Waals surface area contributed by atoms with Crippen LogP contribution in [0.15, 0.2) is 48.5 Å². The highest BCUT2D eigenvalue weighted by atomic mass is 35.5. The highest BCUT2D eigenvalue weighted by Crippen LogP contribution is 2.17. The number of halogens is 2. The maximum absolute atomic E-state index is 13.0. The summed E-state index contributed by atoms with van der Waals surface area (Å²) >= 11 is 5.93. The molecule has 0 aromatic heterocycles. The van der Waals surface area contributed by atoms with E-state index in [2.05, 4.69) is 24.4 Å². The lowest BCUT2D eigenvalue weighted by Crippen LogP contribution is -2.25. The predicted molar refractivity (Wildman–Crippen MR) is 87.3 cm³/mol. The molecule has 0 aliphatic heterocycles. The number of rotatable bonds is 7. The van der Waals surface area contributed by atoms with E-state index >= 15 is 0 Å². The van der Waals surface area contributed by atoms with Gasteiger partial charge < -0.3 is 5.32 Å². The molecule has 0 aliphatic carbocycles. The Morgan fingerprint density at radius 2 is 1.48 bits per heavy atom. The van der Waals surface area contributed by atoms with Crippen LogP contribution < -0.4 is 5.32 Å². The summed E-state index contributed by atoms with van der Waals surface area (Å²) in [4.78, 5) is 0. The van der Waals surface area contributed by atoms with Crippen molar-refractivity contribution in [1.29, 1.82) is 0 Å². The third kappa shape index (κ3) is 5.49. The van der Waals surface area contributed by atoms with Gasteiger partial charge in [0.1, 0.15) is 5.82 Å². The van der Waals surface area contributed by atoms with Crippen molar-refractivity contribution >= 4 is 11.6 Å². The zero-order valence-electron chi connectivity index (χ0n) is 12.3. The minimum atomic E-state index is -0.181. The minimum absolute atomic E-state index is 0.181. The fraction of sp³-hybridized carbons (Fsp3) is 0.333. The van der Waals surface area contributed by atoms with E-state index in [1.807, 2.05) is 24.3 Å². The fourth-order valence-corrected chi connectivity index (χ4v) is 2.60. The predicted octanol–water partition coefficient (Wildman–Crippen LogP) is 4.49. The Morgan fingerprint density at radius 1 is 0.952 bits per heavy atom. The van der Waals surface area contributed by atoms with Gasteiger partial charge in [0.2, 0.25) is 0 Å². The highest BCUT2D eigenvalue weighted by Gasteiger charge is 2.11. The molecule has 0 saturated heterocycles. The van der Waals surface area contributed by atoms with Gasteiger partial charge in [-0.1, -0.05) is 42.8 Å². The van der Waals surface area contributed by atoms with Crippen molar-refractivity contribution in [2.45, 2.75) is 19.8 Å². The molecule has 0 heterocycles. The van der Waals surface area contributed by atoms with Crippen molar-refractivity contribution < 1.29 is 4.39 Å². The second-order valence-corrected chi connectivity index (χ2v) is 5.77. The highest BCUT2D eigenvalue weighted by molar-refractivity contribution is 6.30. The molecule has 1 unspecified atom stereocenters. The van der Waals surface area contributed by atoms with Gasteiger partial charge in [0.25, 0.3) is 0 Å². The molecule has 21 heavy (non-hydrogen) atoms. The first-order chi connectivity index (χ1) is 10.2. The van der Waals surface area contributed by atoms with Crippen LogP contribution in [0.2, 0.25) is 5.02 Å². The molecule has 0 aliphatic rings. The maximum atomic E-state index is 13.0. The molecule has 1 atom stereocenters. The summed E-state index contributed by atoms with van der Waals surface area (Å²) < 4.78 is 13.0. The van der Waals surface area contributed by atoms with Crippen LogP contribution in [-0.2, 0) is 12.8 Å². The zero-order valence-corrected chi connectivity index (χ0v) is 13.0. The standard InChI is InChI=1S/C18H21ClFN/c1-2-21-13-16(11-14-3-7-17(19)8-4-14)12-15-5-9-18(20)10-6-15/h3-10,16,21H,2,11-13H2,1H3. The van der Waals surface area contributed by atoms with Crippen molar-refractivity contribution in [2.75, 3.05) is 13.1 Å². The fourth-order valence-electron chi connectivity index (χ4n) is 2.47. The normalized spacial score (nSPS) is 12.3. The Hall–Kier alpha value is -1.38. The first-order valence-electron chi connectivity index (χ1n) is 7.37. The van der Waals surface area contributed by atoms with Crippen LogP contribution in [0, 0.1) is 11.7 Å². The van der Waals surface area contributed by atoms with Crippen molar-refractivity contribution in [1.82, 2.24) is 5.32 Å². The molecule has 0 spiro atoms. The molecular weight excluding hydrogens is 285 g/mol. The van der Waals surface area contributed by atoms with Crippen LogP contribution in [0.5, 0.6) is 0 Å². The molecule has 1 N–H and O–H groups in total. The van der Waals surface area contributed by atoms with E-state index in [1.54, 1.807) is 0 Å². The van der Waals surface area contributed by atoms with Crippen LogP contribution in [0.4, 0.5) is 4.39 Å². The number of hydrogen-bond donors (Lipinski definition) is 1. The van der Waals surface area contributed by atoms with Crippen LogP contribution >= 0.6 is 11.6 Å². The zero-order chi connectivity index (χ0) is 15.1. The molecule has 0 saturated carbocycles. The average molecular weight is 306 g/mol. The van der Waals surface area contributed by atoms with E-state index < -0.39 is 0 Å². The van der Waals surface area contributed by atoms with E-state index in [0.29, 0.717) is 5.92 Å². The molecule has 1 nitrogen and oxygen atoms in total.